The van der Waals surface area contributed by atoms with Gasteiger partial charge in [-0.3, -0.25) is 4.79 Å². The van der Waals surface area contributed by atoms with Crippen LogP contribution in [0.2, 0.25) is 0 Å². The molecule has 0 spiro atoms. The summed E-state index contributed by atoms with van der Waals surface area (Å²) in [6.07, 6.45) is 3.87. The highest BCUT2D eigenvalue weighted by atomic mass is 16.2. The fourth-order valence-electron chi connectivity index (χ4n) is 2.18. The van der Waals surface area contributed by atoms with Crippen molar-refractivity contribution in [1.82, 2.24) is 15.3 Å². The molecule has 1 aromatic carbocycles. The van der Waals surface area contributed by atoms with E-state index in [1.54, 1.807) is 12.3 Å². The SMILES string of the molecule is O=C(NCc1ccncn1)C1Cc2ccccc2N1. The van der Waals surface area contributed by atoms with Crippen LogP contribution < -0.4 is 10.6 Å². The highest BCUT2D eigenvalue weighted by Gasteiger charge is 2.25. The number of carbonyl (C=O) groups is 1. The van der Waals surface area contributed by atoms with E-state index < -0.39 is 0 Å². The second-order valence-electron chi connectivity index (χ2n) is 4.48. The molecule has 0 aliphatic carbocycles. The summed E-state index contributed by atoms with van der Waals surface area (Å²) in [6, 6.07) is 9.58. The topological polar surface area (TPSA) is 66.9 Å². The van der Waals surface area contributed by atoms with Gasteiger partial charge in [0, 0.05) is 18.3 Å². The third-order valence-corrected chi connectivity index (χ3v) is 3.17. The van der Waals surface area contributed by atoms with Gasteiger partial charge in [0.25, 0.3) is 0 Å². The number of para-hydroxylation sites is 1. The van der Waals surface area contributed by atoms with Gasteiger partial charge in [-0.2, -0.15) is 0 Å². The van der Waals surface area contributed by atoms with Crippen LogP contribution in [0.5, 0.6) is 0 Å². The second-order valence-corrected chi connectivity index (χ2v) is 4.48. The molecule has 1 aromatic heterocycles. The fourth-order valence-corrected chi connectivity index (χ4v) is 2.18. The summed E-state index contributed by atoms with van der Waals surface area (Å²) in [5.74, 6) is -0.00480. The van der Waals surface area contributed by atoms with E-state index in [0.29, 0.717) is 6.54 Å². The number of rotatable bonds is 3. The Hall–Kier alpha value is -2.43. The quantitative estimate of drug-likeness (QED) is 0.861. The molecule has 1 aliphatic rings. The summed E-state index contributed by atoms with van der Waals surface area (Å²) in [4.78, 5) is 20.0. The number of hydrogen-bond acceptors (Lipinski definition) is 4. The van der Waals surface area contributed by atoms with E-state index in [-0.39, 0.29) is 11.9 Å². The third kappa shape index (κ3) is 2.54. The smallest absolute Gasteiger partial charge is 0.243 e. The second kappa shape index (κ2) is 5.06. The van der Waals surface area contributed by atoms with Crippen LogP contribution in [0.15, 0.2) is 42.9 Å². The van der Waals surface area contributed by atoms with Crippen molar-refractivity contribution < 1.29 is 4.79 Å². The molecule has 0 fully saturated rings. The van der Waals surface area contributed by atoms with Gasteiger partial charge in [0.1, 0.15) is 12.4 Å². The van der Waals surface area contributed by atoms with Crippen LogP contribution in [-0.4, -0.2) is 21.9 Å². The molecule has 1 amide bonds. The molecule has 2 N–H and O–H groups in total. The average Bonchev–Trinajstić information content (AvgIpc) is 2.90. The Balaban J connectivity index is 1.58. The van der Waals surface area contributed by atoms with E-state index in [2.05, 4.69) is 20.6 Å². The van der Waals surface area contributed by atoms with E-state index in [9.17, 15) is 4.79 Å². The number of fused-ring (bicyclic) bond motifs is 1. The van der Waals surface area contributed by atoms with Crippen LogP contribution >= 0.6 is 0 Å². The lowest BCUT2D eigenvalue weighted by atomic mass is 10.1. The van der Waals surface area contributed by atoms with Gasteiger partial charge in [0.15, 0.2) is 0 Å². The first-order valence-corrected chi connectivity index (χ1v) is 6.20. The molecule has 2 aromatic rings. The molecular formula is C14H14N4O. The van der Waals surface area contributed by atoms with Gasteiger partial charge in [0.2, 0.25) is 5.91 Å². The normalized spacial score (nSPS) is 16.5. The molecule has 0 saturated carbocycles. The Bertz CT molecular complexity index is 560. The largest absolute Gasteiger partial charge is 0.373 e. The van der Waals surface area contributed by atoms with E-state index >= 15 is 0 Å². The molecule has 19 heavy (non-hydrogen) atoms. The van der Waals surface area contributed by atoms with E-state index in [1.807, 2.05) is 24.3 Å². The Kier molecular flexibility index (Phi) is 3.10. The summed E-state index contributed by atoms with van der Waals surface area (Å²) in [6.45, 7) is 0.426. The zero-order valence-electron chi connectivity index (χ0n) is 10.3. The minimum absolute atomic E-state index is 0.00480. The van der Waals surface area contributed by atoms with Crippen LogP contribution in [0.1, 0.15) is 11.3 Å². The maximum absolute atomic E-state index is 12.1. The summed E-state index contributed by atoms with van der Waals surface area (Å²) < 4.78 is 0. The molecule has 3 rings (SSSR count). The maximum atomic E-state index is 12.1. The number of hydrogen-bond donors (Lipinski definition) is 2. The predicted octanol–water partition coefficient (Wildman–Crippen LogP) is 1.13. The lowest BCUT2D eigenvalue weighted by molar-refractivity contribution is -0.121. The van der Waals surface area contributed by atoms with Gasteiger partial charge < -0.3 is 10.6 Å². The first kappa shape index (κ1) is 11.6. The van der Waals surface area contributed by atoms with Crippen LogP contribution in [0.4, 0.5) is 5.69 Å². The zero-order valence-corrected chi connectivity index (χ0v) is 10.3. The van der Waals surface area contributed by atoms with Gasteiger partial charge in [-0.25, -0.2) is 9.97 Å². The molecule has 1 unspecified atom stereocenters. The molecule has 1 atom stereocenters. The molecule has 5 nitrogen and oxygen atoms in total. The molecule has 0 bridgehead atoms. The van der Waals surface area contributed by atoms with Crippen molar-refractivity contribution in [2.45, 2.75) is 19.0 Å². The van der Waals surface area contributed by atoms with Crippen molar-refractivity contribution in [1.29, 1.82) is 0 Å². The molecule has 1 aliphatic heterocycles. The van der Waals surface area contributed by atoms with Crippen LogP contribution in [0.3, 0.4) is 0 Å². The van der Waals surface area contributed by atoms with E-state index in [0.717, 1.165) is 17.8 Å². The van der Waals surface area contributed by atoms with Crippen molar-refractivity contribution in [2.24, 2.45) is 0 Å². The van der Waals surface area contributed by atoms with Crippen molar-refractivity contribution in [2.75, 3.05) is 5.32 Å². The molecule has 96 valence electrons. The number of amides is 1. The van der Waals surface area contributed by atoms with Gasteiger partial charge in [-0.1, -0.05) is 18.2 Å². The van der Waals surface area contributed by atoms with Gasteiger partial charge in [0.05, 0.1) is 12.2 Å². The zero-order chi connectivity index (χ0) is 13.1. The first-order chi connectivity index (χ1) is 9.33. The van der Waals surface area contributed by atoms with Crippen LogP contribution in [0, 0.1) is 0 Å². The minimum Gasteiger partial charge on any atom is -0.373 e. The Morgan fingerprint density at radius 2 is 2.26 bits per heavy atom. The Morgan fingerprint density at radius 1 is 1.37 bits per heavy atom. The molecule has 2 heterocycles. The van der Waals surface area contributed by atoms with E-state index in [1.165, 1.54) is 11.9 Å². The Morgan fingerprint density at radius 3 is 3.05 bits per heavy atom. The van der Waals surface area contributed by atoms with Crippen molar-refractivity contribution in [3.63, 3.8) is 0 Å². The lowest BCUT2D eigenvalue weighted by Crippen LogP contribution is -2.38. The number of carbonyl (C=O) groups excluding carboxylic acids is 1. The first-order valence-electron chi connectivity index (χ1n) is 6.20. The molecule has 0 saturated heterocycles. The molecule has 5 heteroatoms. The fraction of sp³-hybridized carbons (Fsp3) is 0.214. The minimum atomic E-state index is -0.195. The number of aromatic nitrogens is 2. The summed E-state index contributed by atoms with van der Waals surface area (Å²) >= 11 is 0. The lowest BCUT2D eigenvalue weighted by Gasteiger charge is -2.11. The van der Waals surface area contributed by atoms with Crippen molar-refractivity contribution in [3.05, 3.63) is 54.1 Å². The van der Waals surface area contributed by atoms with Crippen LogP contribution in [0.25, 0.3) is 0 Å². The Labute approximate surface area is 111 Å². The molecule has 0 radical (unpaired) electrons. The standard InChI is InChI=1S/C14H14N4O/c19-14(16-8-11-5-6-15-9-17-11)13-7-10-3-1-2-4-12(10)18-13/h1-6,9,13,18H,7-8H2,(H,16,19). The van der Waals surface area contributed by atoms with Crippen molar-refractivity contribution >= 4 is 11.6 Å². The summed E-state index contributed by atoms with van der Waals surface area (Å²) in [5, 5.41) is 6.11. The van der Waals surface area contributed by atoms with Crippen molar-refractivity contribution in [3.8, 4) is 0 Å². The van der Waals surface area contributed by atoms with E-state index in [4.69, 9.17) is 0 Å². The summed E-state index contributed by atoms with van der Waals surface area (Å²) in [7, 11) is 0. The predicted molar refractivity (Wildman–Crippen MR) is 71.4 cm³/mol. The molecular weight excluding hydrogens is 240 g/mol. The van der Waals surface area contributed by atoms with Crippen LogP contribution in [-0.2, 0) is 17.8 Å². The highest BCUT2D eigenvalue weighted by molar-refractivity contribution is 5.87. The number of nitrogens with zero attached hydrogens (tertiary/aromatic N) is 2. The third-order valence-electron chi connectivity index (χ3n) is 3.17. The summed E-state index contributed by atoms with van der Waals surface area (Å²) in [5.41, 5.74) is 3.04. The number of benzene rings is 1. The van der Waals surface area contributed by atoms with Gasteiger partial charge in [-0.15, -0.1) is 0 Å². The average molecular weight is 254 g/mol. The monoisotopic (exact) mass is 254 g/mol. The number of anilines is 1. The number of nitrogens with one attached hydrogen (secondary N) is 2. The highest BCUT2D eigenvalue weighted by Crippen LogP contribution is 2.24. The van der Waals surface area contributed by atoms with Gasteiger partial charge >= 0.3 is 0 Å². The maximum Gasteiger partial charge on any atom is 0.243 e. The van der Waals surface area contributed by atoms with Gasteiger partial charge in [-0.05, 0) is 17.7 Å².